The molecule has 1 aromatic rings. The Morgan fingerprint density at radius 1 is 1.29 bits per heavy atom. The van der Waals surface area contributed by atoms with Crippen LogP contribution in [0, 0.1) is 11.7 Å². The zero-order chi connectivity index (χ0) is 16.2. The molecule has 21 heavy (non-hydrogen) atoms. The Labute approximate surface area is 119 Å². The smallest absolute Gasteiger partial charge is 0.405 e. The van der Waals surface area contributed by atoms with Gasteiger partial charge >= 0.3 is 12.1 Å². The van der Waals surface area contributed by atoms with Crippen LogP contribution in [-0.4, -0.2) is 28.0 Å². The lowest BCUT2D eigenvalue weighted by Crippen LogP contribution is -2.38. The third kappa shape index (κ3) is 4.76. The molecular formula is C11H9F4O5S-. The quantitative estimate of drug-likeness (QED) is 0.469. The molecular weight excluding hydrogens is 320 g/mol. The molecule has 0 aliphatic carbocycles. The van der Waals surface area contributed by atoms with Crippen molar-refractivity contribution in [1.82, 2.24) is 0 Å². The lowest BCUT2D eigenvalue weighted by molar-refractivity contribution is -0.211. The van der Waals surface area contributed by atoms with Crippen molar-refractivity contribution in [1.29, 1.82) is 0 Å². The van der Waals surface area contributed by atoms with Gasteiger partial charge in [0, 0.05) is 0 Å². The van der Waals surface area contributed by atoms with Crippen LogP contribution in [0.1, 0.15) is 11.7 Å². The molecule has 118 valence electrons. The highest BCUT2D eigenvalue weighted by Gasteiger charge is 2.52. The first-order valence-corrected chi connectivity index (χ1v) is 6.33. The first-order valence-electron chi connectivity index (χ1n) is 5.33. The van der Waals surface area contributed by atoms with Crippen LogP contribution >= 0.6 is 0 Å². The van der Waals surface area contributed by atoms with Crippen molar-refractivity contribution >= 4 is 17.3 Å². The van der Waals surface area contributed by atoms with Crippen molar-refractivity contribution < 1.29 is 40.0 Å². The molecule has 0 amide bonds. The summed E-state index contributed by atoms with van der Waals surface area (Å²) < 4.78 is 81.0. The number of carbonyl (C=O) groups excluding carboxylic acids is 1. The van der Waals surface area contributed by atoms with Crippen LogP contribution in [0.15, 0.2) is 24.3 Å². The van der Waals surface area contributed by atoms with Gasteiger partial charge in [0.05, 0.1) is 18.5 Å². The summed E-state index contributed by atoms with van der Waals surface area (Å²) in [6, 6.07) is 3.39. The summed E-state index contributed by atoms with van der Waals surface area (Å²) >= 11 is -3.33. The zero-order valence-electron chi connectivity index (χ0n) is 10.4. The number of halogens is 4. The van der Waals surface area contributed by atoms with Gasteiger partial charge < -0.3 is 9.29 Å². The van der Waals surface area contributed by atoms with Crippen molar-refractivity contribution in [2.24, 2.45) is 5.92 Å². The van der Waals surface area contributed by atoms with E-state index in [0.29, 0.717) is 0 Å². The molecule has 0 aromatic heterocycles. The van der Waals surface area contributed by atoms with Crippen molar-refractivity contribution in [2.75, 3.05) is 7.11 Å². The maximum Gasteiger partial charge on any atom is 0.405 e. The van der Waals surface area contributed by atoms with Crippen molar-refractivity contribution in [3.63, 3.8) is 0 Å². The van der Waals surface area contributed by atoms with E-state index in [0.717, 1.165) is 31.4 Å². The molecule has 1 aromatic carbocycles. The Balaban J connectivity index is 3.29. The molecule has 0 bridgehead atoms. The fraction of sp³-hybridized carbons (Fsp3) is 0.364. The van der Waals surface area contributed by atoms with Gasteiger partial charge in [-0.1, -0.05) is 12.1 Å². The molecule has 0 radical (unpaired) electrons. The second-order valence-electron chi connectivity index (χ2n) is 3.81. The molecule has 0 aliphatic rings. The predicted octanol–water partition coefficient (Wildman–Crippen LogP) is 2.03. The molecule has 10 heteroatoms. The predicted molar refractivity (Wildman–Crippen MR) is 60.7 cm³/mol. The normalized spacial score (nSPS) is 16.1. The first-order chi connectivity index (χ1) is 9.66. The molecule has 0 aliphatic heterocycles. The SMILES string of the molecule is COC(=O)C(C(OS(=O)[O-])c1ccc(F)cc1)C(F)(F)F. The maximum atomic E-state index is 13.0. The van der Waals surface area contributed by atoms with Crippen LogP contribution < -0.4 is 0 Å². The number of benzene rings is 1. The van der Waals surface area contributed by atoms with Gasteiger partial charge in [-0.2, -0.15) is 13.2 Å². The maximum absolute atomic E-state index is 13.0. The van der Waals surface area contributed by atoms with Crippen LogP contribution in [0.4, 0.5) is 17.6 Å². The molecule has 0 heterocycles. The Kier molecular flexibility index (Phi) is 5.81. The summed E-state index contributed by atoms with van der Waals surface area (Å²) in [4.78, 5) is 11.3. The number of hydrogen-bond acceptors (Lipinski definition) is 5. The number of hydrogen-bond donors (Lipinski definition) is 0. The topological polar surface area (TPSA) is 75.7 Å². The molecule has 0 saturated carbocycles. The van der Waals surface area contributed by atoms with Gasteiger partial charge in [-0.25, -0.2) is 8.60 Å². The van der Waals surface area contributed by atoms with E-state index in [4.69, 9.17) is 0 Å². The monoisotopic (exact) mass is 329 g/mol. The summed E-state index contributed by atoms with van der Waals surface area (Å²) in [6.45, 7) is 0. The van der Waals surface area contributed by atoms with E-state index in [2.05, 4.69) is 8.92 Å². The number of ether oxygens (including phenoxy) is 1. The summed E-state index contributed by atoms with van der Waals surface area (Å²) in [5, 5.41) is 0. The Bertz CT molecular complexity index is 516. The lowest BCUT2D eigenvalue weighted by Gasteiger charge is -2.27. The third-order valence-corrected chi connectivity index (χ3v) is 2.86. The fourth-order valence-electron chi connectivity index (χ4n) is 1.60. The lowest BCUT2D eigenvalue weighted by atomic mass is 9.95. The van der Waals surface area contributed by atoms with Gasteiger partial charge in [-0.15, -0.1) is 0 Å². The number of alkyl halides is 3. The Hall–Kier alpha value is -1.52. The van der Waals surface area contributed by atoms with E-state index < -0.39 is 41.3 Å². The van der Waals surface area contributed by atoms with Gasteiger partial charge in [0.2, 0.25) is 0 Å². The molecule has 0 N–H and O–H groups in total. The minimum atomic E-state index is -5.12. The van der Waals surface area contributed by atoms with Crippen LogP contribution in [0.2, 0.25) is 0 Å². The molecule has 3 unspecified atom stereocenters. The van der Waals surface area contributed by atoms with Crippen LogP contribution in [0.3, 0.4) is 0 Å². The second kappa shape index (κ2) is 6.96. The van der Waals surface area contributed by atoms with E-state index in [9.17, 15) is 31.1 Å². The van der Waals surface area contributed by atoms with E-state index >= 15 is 0 Å². The molecule has 5 nitrogen and oxygen atoms in total. The third-order valence-electron chi connectivity index (χ3n) is 2.49. The van der Waals surface area contributed by atoms with Crippen molar-refractivity contribution in [3.8, 4) is 0 Å². The minimum Gasteiger partial charge on any atom is -0.750 e. The Morgan fingerprint density at radius 2 is 1.81 bits per heavy atom. The van der Waals surface area contributed by atoms with E-state index in [1.165, 1.54) is 0 Å². The number of methoxy groups -OCH3 is 1. The summed E-state index contributed by atoms with van der Waals surface area (Å²) in [7, 11) is 0.719. The van der Waals surface area contributed by atoms with Crippen LogP contribution in [0.25, 0.3) is 0 Å². The van der Waals surface area contributed by atoms with Gasteiger partial charge in [0.25, 0.3) is 0 Å². The van der Waals surface area contributed by atoms with Crippen LogP contribution in [-0.2, 0) is 25.1 Å². The highest BCUT2D eigenvalue weighted by molar-refractivity contribution is 7.74. The Morgan fingerprint density at radius 3 is 2.19 bits per heavy atom. The second-order valence-corrected chi connectivity index (χ2v) is 4.42. The van der Waals surface area contributed by atoms with E-state index in [-0.39, 0.29) is 5.56 Å². The average molecular weight is 329 g/mol. The van der Waals surface area contributed by atoms with E-state index in [1.54, 1.807) is 0 Å². The number of esters is 1. The molecule has 0 spiro atoms. The van der Waals surface area contributed by atoms with Gasteiger partial charge in [-0.3, -0.25) is 8.98 Å². The summed E-state index contributed by atoms with van der Waals surface area (Å²) in [6.07, 6.45) is -7.33. The summed E-state index contributed by atoms with van der Waals surface area (Å²) in [5.74, 6) is -5.34. The van der Waals surface area contributed by atoms with Gasteiger partial charge in [0.1, 0.15) is 11.9 Å². The highest BCUT2D eigenvalue weighted by atomic mass is 32.2. The largest absolute Gasteiger partial charge is 0.750 e. The van der Waals surface area contributed by atoms with E-state index in [1.807, 2.05) is 0 Å². The molecule has 3 atom stereocenters. The molecule has 0 fully saturated rings. The van der Waals surface area contributed by atoms with Crippen molar-refractivity contribution in [2.45, 2.75) is 12.3 Å². The van der Waals surface area contributed by atoms with Crippen LogP contribution in [0.5, 0.6) is 0 Å². The molecule has 0 saturated heterocycles. The fourth-order valence-corrected chi connectivity index (χ4v) is 1.99. The standard InChI is InChI=1S/C11H10F4O5S/c1-19-10(16)8(11(13,14)15)9(20-21(17)18)6-2-4-7(12)5-3-6/h2-5,8-9H,1H3,(H,17,18)/p-1. The summed E-state index contributed by atoms with van der Waals surface area (Å²) in [5.41, 5.74) is -0.340. The number of carbonyl (C=O) groups is 1. The average Bonchev–Trinajstić information content (AvgIpc) is 2.36. The van der Waals surface area contributed by atoms with Gasteiger partial charge in [-0.05, 0) is 17.7 Å². The van der Waals surface area contributed by atoms with Gasteiger partial charge in [0.15, 0.2) is 5.92 Å². The highest BCUT2D eigenvalue weighted by Crippen LogP contribution is 2.39. The van der Waals surface area contributed by atoms with Crippen molar-refractivity contribution in [3.05, 3.63) is 35.6 Å². The zero-order valence-corrected chi connectivity index (χ0v) is 11.2. The number of rotatable bonds is 5. The molecule has 1 rings (SSSR count). The minimum absolute atomic E-state index is 0.340. The first kappa shape index (κ1) is 17.5.